The lowest BCUT2D eigenvalue weighted by Crippen LogP contribution is -1.88. The molecule has 0 aliphatic carbocycles. The fourth-order valence-electron chi connectivity index (χ4n) is 1.52. The number of methoxy groups -OCH3 is 1. The van der Waals surface area contributed by atoms with Crippen molar-refractivity contribution in [2.24, 2.45) is 0 Å². The number of nitrogens with zero attached hydrogens (tertiary/aromatic N) is 1. The molecule has 2 aromatic rings. The van der Waals surface area contributed by atoms with Crippen molar-refractivity contribution >= 4 is 10.9 Å². The lowest BCUT2D eigenvalue weighted by molar-refractivity contribution is 0.419. The van der Waals surface area contributed by atoms with Crippen molar-refractivity contribution in [3.63, 3.8) is 0 Å². The number of aromatic nitrogens is 1. The van der Waals surface area contributed by atoms with E-state index in [1.165, 1.54) is 5.56 Å². The zero-order chi connectivity index (χ0) is 9.26. The number of hydrogen-bond donors (Lipinski definition) is 0. The van der Waals surface area contributed by atoms with E-state index in [1.54, 1.807) is 13.3 Å². The Hall–Kier alpha value is -1.57. The van der Waals surface area contributed by atoms with Crippen LogP contribution in [0.4, 0.5) is 0 Å². The van der Waals surface area contributed by atoms with Gasteiger partial charge in [0.15, 0.2) is 0 Å². The molecular formula is C11H11NO. The molecule has 2 rings (SSSR count). The Kier molecular flexibility index (Phi) is 1.89. The van der Waals surface area contributed by atoms with Gasteiger partial charge in [0.05, 0.1) is 12.6 Å². The molecule has 0 saturated heterocycles. The third kappa shape index (κ3) is 1.24. The van der Waals surface area contributed by atoms with E-state index in [9.17, 15) is 0 Å². The van der Waals surface area contributed by atoms with Gasteiger partial charge in [-0.1, -0.05) is 12.1 Å². The van der Waals surface area contributed by atoms with Gasteiger partial charge in [-0.2, -0.15) is 0 Å². The smallest absolute Gasteiger partial charge is 0.130 e. The Morgan fingerprint density at radius 3 is 2.85 bits per heavy atom. The Morgan fingerprint density at radius 1 is 1.23 bits per heavy atom. The quantitative estimate of drug-likeness (QED) is 0.661. The Bertz CT molecular complexity index is 432. The number of rotatable bonds is 1. The second-order valence-electron chi connectivity index (χ2n) is 2.98. The van der Waals surface area contributed by atoms with E-state index in [0.717, 1.165) is 16.7 Å². The molecule has 0 radical (unpaired) electrons. The fourth-order valence-corrected chi connectivity index (χ4v) is 1.52. The van der Waals surface area contributed by atoms with Gasteiger partial charge in [-0.05, 0) is 24.6 Å². The lowest BCUT2D eigenvalue weighted by atomic mass is 10.1. The highest BCUT2D eigenvalue weighted by atomic mass is 16.5. The van der Waals surface area contributed by atoms with Crippen molar-refractivity contribution in [2.45, 2.75) is 6.92 Å². The molecule has 2 heteroatoms. The fraction of sp³-hybridized carbons (Fsp3) is 0.182. The van der Waals surface area contributed by atoms with Gasteiger partial charge in [0.1, 0.15) is 5.75 Å². The molecule has 1 aromatic carbocycles. The number of benzene rings is 1. The molecule has 13 heavy (non-hydrogen) atoms. The molecule has 1 heterocycles. The van der Waals surface area contributed by atoms with Crippen LogP contribution < -0.4 is 4.74 Å². The zero-order valence-electron chi connectivity index (χ0n) is 7.74. The molecule has 0 spiro atoms. The Balaban J connectivity index is 2.87. The minimum absolute atomic E-state index is 0.892. The normalized spacial score (nSPS) is 10.3. The maximum absolute atomic E-state index is 5.27. The molecule has 66 valence electrons. The maximum atomic E-state index is 5.27. The summed E-state index contributed by atoms with van der Waals surface area (Å²) in [6, 6.07) is 7.94. The van der Waals surface area contributed by atoms with E-state index in [0.29, 0.717) is 0 Å². The second kappa shape index (κ2) is 3.05. The van der Waals surface area contributed by atoms with Crippen LogP contribution in [0.2, 0.25) is 0 Å². The molecule has 0 N–H and O–H groups in total. The molecule has 0 aliphatic heterocycles. The van der Waals surface area contributed by atoms with Crippen molar-refractivity contribution in [3.05, 3.63) is 36.0 Å². The van der Waals surface area contributed by atoms with E-state index in [1.807, 2.05) is 18.2 Å². The van der Waals surface area contributed by atoms with Crippen LogP contribution in [-0.4, -0.2) is 12.1 Å². The average Bonchev–Trinajstić information content (AvgIpc) is 2.17. The largest absolute Gasteiger partial charge is 0.496 e. The first kappa shape index (κ1) is 8.05. The van der Waals surface area contributed by atoms with Crippen LogP contribution in [0, 0.1) is 6.92 Å². The van der Waals surface area contributed by atoms with Crippen molar-refractivity contribution in [3.8, 4) is 5.75 Å². The van der Waals surface area contributed by atoms with E-state index >= 15 is 0 Å². The number of fused-ring (bicyclic) bond motifs is 1. The molecule has 1 aromatic heterocycles. The van der Waals surface area contributed by atoms with Crippen molar-refractivity contribution in [1.82, 2.24) is 4.98 Å². The molecule has 0 atom stereocenters. The van der Waals surface area contributed by atoms with Gasteiger partial charge in [-0.3, -0.25) is 4.98 Å². The van der Waals surface area contributed by atoms with Crippen LogP contribution in [-0.2, 0) is 0 Å². The first-order valence-electron chi connectivity index (χ1n) is 4.21. The van der Waals surface area contributed by atoms with Crippen molar-refractivity contribution in [2.75, 3.05) is 7.11 Å². The first-order chi connectivity index (χ1) is 6.33. The molecule has 0 bridgehead atoms. The highest BCUT2D eigenvalue weighted by Crippen LogP contribution is 2.26. The van der Waals surface area contributed by atoms with E-state index in [4.69, 9.17) is 4.74 Å². The van der Waals surface area contributed by atoms with Gasteiger partial charge in [0.25, 0.3) is 0 Å². The van der Waals surface area contributed by atoms with Gasteiger partial charge >= 0.3 is 0 Å². The molecular weight excluding hydrogens is 162 g/mol. The van der Waals surface area contributed by atoms with Crippen LogP contribution in [0.15, 0.2) is 30.5 Å². The van der Waals surface area contributed by atoms with Gasteiger partial charge < -0.3 is 4.74 Å². The number of ether oxygens (including phenoxy) is 1. The monoisotopic (exact) mass is 173 g/mol. The topological polar surface area (TPSA) is 22.1 Å². The zero-order valence-corrected chi connectivity index (χ0v) is 7.74. The van der Waals surface area contributed by atoms with Gasteiger partial charge in [0, 0.05) is 11.6 Å². The summed E-state index contributed by atoms with van der Waals surface area (Å²) in [5.41, 5.74) is 2.18. The summed E-state index contributed by atoms with van der Waals surface area (Å²) in [6.07, 6.45) is 1.76. The molecule has 0 amide bonds. The van der Waals surface area contributed by atoms with Crippen molar-refractivity contribution < 1.29 is 4.74 Å². The Morgan fingerprint density at radius 2 is 2.08 bits per heavy atom. The number of hydrogen-bond acceptors (Lipinski definition) is 2. The third-order valence-electron chi connectivity index (χ3n) is 2.16. The van der Waals surface area contributed by atoms with Gasteiger partial charge in [-0.15, -0.1) is 0 Å². The summed E-state index contributed by atoms with van der Waals surface area (Å²) in [7, 11) is 1.68. The summed E-state index contributed by atoms with van der Waals surface area (Å²) in [4.78, 5) is 4.27. The van der Waals surface area contributed by atoms with Crippen LogP contribution >= 0.6 is 0 Å². The van der Waals surface area contributed by atoms with Crippen LogP contribution in [0.25, 0.3) is 10.9 Å². The average molecular weight is 173 g/mol. The highest BCUT2D eigenvalue weighted by molar-refractivity contribution is 5.87. The van der Waals surface area contributed by atoms with Gasteiger partial charge in [-0.25, -0.2) is 0 Å². The highest BCUT2D eigenvalue weighted by Gasteiger charge is 2.03. The van der Waals surface area contributed by atoms with Crippen LogP contribution in [0.5, 0.6) is 5.75 Å². The van der Waals surface area contributed by atoms with Gasteiger partial charge in [0.2, 0.25) is 0 Å². The predicted octanol–water partition coefficient (Wildman–Crippen LogP) is 2.55. The summed E-state index contributed by atoms with van der Waals surface area (Å²) < 4.78 is 5.27. The van der Waals surface area contributed by atoms with Crippen LogP contribution in [0.1, 0.15) is 5.56 Å². The number of pyridine rings is 1. The summed E-state index contributed by atoms with van der Waals surface area (Å²) >= 11 is 0. The standard InChI is InChI=1S/C11H11NO/c1-8-4-3-5-9-11(8)10(13-2)6-7-12-9/h3-7H,1-2H3. The minimum atomic E-state index is 0.892. The molecule has 0 saturated carbocycles. The SMILES string of the molecule is COc1ccnc2cccc(C)c12. The summed E-state index contributed by atoms with van der Waals surface area (Å²) in [6.45, 7) is 2.06. The first-order valence-corrected chi connectivity index (χ1v) is 4.21. The minimum Gasteiger partial charge on any atom is -0.496 e. The Labute approximate surface area is 77.2 Å². The van der Waals surface area contributed by atoms with Crippen molar-refractivity contribution in [1.29, 1.82) is 0 Å². The lowest BCUT2D eigenvalue weighted by Gasteiger charge is -2.06. The summed E-state index contributed by atoms with van der Waals surface area (Å²) in [5, 5.41) is 1.10. The molecule has 0 unspecified atom stereocenters. The molecule has 2 nitrogen and oxygen atoms in total. The predicted molar refractivity (Wildman–Crippen MR) is 53.0 cm³/mol. The summed E-state index contributed by atoms with van der Waals surface area (Å²) in [5.74, 6) is 0.892. The third-order valence-corrected chi connectivity index (χ3v) is 2.16. The van der Waals surface area contributed by atoms with Crippen LogP contribution in [0.3, 0.4) is 0 Å². The van der Waals surface area contributed by atoms with E-state index in [-0.39, 0.29) is 0 Å². The second-order valence-corrected chi connectivity index (χ2v) is 2.98. The van der Waals surface area contributed by atoms with E-state index in [2.05, 4.69) is 18.0 Å². The maximum Gasteiger partial charge on any atom is 0.130 e. The molecule has 0 fully saturated rings. The number of aryl methyl sites for hydroxylation is 1. The molecule has 0 aliphatic rings. The van der Waals surface area contributed by atoms with E-state index < -0.39 is 0 Å².